The molecule has 0 saturated heterocycles. The van der Waals surface area contributed by atoms with Crippen molar-refractivity contribution in [3.8, 4) is 0 Å². The number of hydrogen-bond acceptors (Lipinski definition) is 3. The monoisotopic (exact) mass is 329 g/mol. The molecule has 2 aromatic rings. The van der Waals surface area contributed by atoms with Gasteiger partial charge < -0.3 is 5.11 Å². The van der Waals surface area contributed by atoms with Crippen LogP contribution < -0.4 is 0 Å². The number of nitrogens with zero attached hydrogens (tertiary/aromatic N) is 1. The number of carboxylic acid groups (broad SMARTS) is 1. The second kappa shape index (κ2) is 7.73. The van der Waals surface area contributed by atoms with Gasteiger partial charge in [-0.25, -0.2) is 9.78 Å². The summed E-state index contributed by atoms with van der Waals surface area (Å²) < 4.78 is 0. The van der Waals surface area contributed by atoms with Gasteiger partial charge in [-0.15, -0.1) is 11.3 Å². The summed E-state index contributed by atoms with van der Waals surface area (Å²) in [6.07, 6.45) is 9.20. The lowest BCUT2D eigenvalue weighted by Gasteiger charge is -2.20. The Labute approximate surface area is 141 Å². The normalized spacial score (nSPS) is 15.7. The first-order valence-electron chi connectivity index (χ1n) is 8.48. The van der Waals surface area contributed by atoms with E-state index in [1.165, 1.54) is 49.0 Å². The molecule has 4 heteroatoms. The van der Waals surface area contributed by atoms with Gasteiger partial charge in [-0.1, -0.05) is 62.4 Å². The van der Waals surface area contributed by atoms with Gasteiger partial charge in [-0.3, -0.25) is 0 Å². The molecule has 1 aromatic carbocycles. The van der Waals surface area contributed by atoms with Crippen LogP contribution in [-0.4, -0.2) is 16.1 Å². The number of hydrogen-bond donors (Lipinski definition) is 1. The molecule has 3 nitrogen and oxygen atoms in total. The third-order valence-electron chi connectivity index (χ3n) is 4.65. The Balaban J connectivity index is 1.69. The molecule has 23 heavy (non-hydrogen) atoms. The summed E-state index contributed by atoms with van der Waals surface area (Å²) in [6, 6.07) is 10.1. The van der Waals surface area contributed by atoms with Crippen molar-refractivity contribution in [2.45, 2.75) is 51.4 Å². The van der Waals surface area contributed by atoms with Crippen molar-refractivity contribution < 1.29 is 9.90 Å². The van der Waals surface area contributed by atoms with E-state index in [4.69, 9.17) is 0 Å². The van der Waals surface area contributed by atoms with Crippen LogP contribution in [-0.2, 0) is 12.8 Å². The molecule has 0 bridgehead atoms. The van der Waals surface area contributed by atoms with E-state index >= 15 is 0 Å². The van der Waals surface area contributed by atoms with E-state index < -0.39 is 5.97 Å². The minimum atomic E-state index is -0.833. The molecule has 1 N–H and O–H groups in total. The zero-order chi connectivity index (χ0) is 16.1. The molecule has 1 aromatic heterocycles. The van der Waals surface area contributed by atoms with E-state index in [0.717, 1.165) is 35.9 Å². The molecule has 1 heterocycles. The maximum atomic E-state index is 11.5. The number of carbonyl (C=O) groups is 1. The molecular formula is C19H23NO2S. The summed E-state index contributed by atoms with van der Waals surface area (Å²) in [6.45, 7) is 0. The van der Waals surface area contributed by atoms with Crippen molar-refractivity contribution in [1.29, 1.82) is 0 Å². The molecule has 0 radical (unpaired) electrons. The van der Waals surface area contributed by atoms with Crippen molar-refractivity contribution in [3.05, 3.63) is 51.5 Å². The minimum Gasteiger partial charge on any atom is -0.477 e. The summed E-state index contributed by atoms with van der Waals surface area (Å²) in [5.41, 5.74) is 1.97. The largest absolute Gasteiger partial charge is 0.477 e. The van der Waals surface area contributed by atoms with E-state index in [1.54, 1.807) is 0 Å². The Morgan fingerprint density at radius 1 is 1.17 bits per heavy atom. The van der Waals surface area contributed by atoms with Gasteiger partial charge in [0.05, 0.1) is 10.7 Å². The molecule has 1 fully saturated rings. The Bertz CT molecular complexity index is 645. The number of aryl methyl sites for hydroxylation is 1. The average molecular weight is 329 g/mol. The van der Waals surface area contributed by atoms with Crippen LogP contribution in [0.4, 0.5) is 0 Å². The fraction of sp³-hybridized carbons (Fsp3) is 0.474. The Morgan fingerprint density at radius 3 is 2.61 bits per heavy atom. The van der Waals surface area contributed by atoms with Crippen LogP contribution in [0.2, 0.25) is 0 Å². The third-order valence-corrected chi connectivity index (χ3v) is 5.73. The highest BCUT2D eigenvalue weighted by atomic mass is 32.1. The van der Waals surface area contributed by atoms with Crippen LogP contribution >= 0.6 is 11.3 Å². The molecule has 0 spiro atoms. The zero-order valence-corrected chi connectivity index (χ0v) is 14.1. The molecule has 1 aliphatic rings. The van der Waals surface area contributed by atoms with Crippen LogP contribution in [0.5, 0.6) is 0 Å². The second-order valence-electron chi connectivity index (χ2n) is 6.39. The van der Waals surface area contributed by atoms with Crippen LogP contribution in [0.15, 0.2) is 30.3 Å². The number of aromatic carboxylic acids is 1. The highest BCUT2D eigenvalue weighted by Crippen LogP contribution is 2.29. The van der Waals surface area contributed by atoms with Gasteiger partial charge in [-0.05, 0) is 24.3 Å². The van der Waals surface area contributed by atoms with Crippen molar-refractivity contribution in [1.82, 2.24) is 4.98 Å². The number of thiazole rings is 1. The van der Waals surface area contributed by atoms with Gasteiger partial charge >= 0.3 is 5.97 Å². The molecule has 0 aliphatic heterocycles. The summed E-state index contributed by atoms with van der Waals surface area (Å²) in [5, 5.41) is 10.4. The average Bonchev–Trinajstić information content (AvgIpc) is 2.98. The van der Waals surface area contributed by atoms with Crippen LogP contribution in [0.25, 0.3) is 0 Å². The number of aromatic nitrogens is 1. The molecule has 1 aliphatic carbocycles. The van der Waals surface area contributed by atoms with E-state index in [0.29, 0.717) is 4.88 Å². The first-order chi connectivity index (χ1) is 11.2. The van der Waals surface area contributed by atoms with E-state index in [9.17, 15) is 9.90 Å². The molecule has 0 amide bonds. The van der Waals surface area contributed by atoms with E-state index in [-0.39, 0.29) is 0 Å². The highest BCUT2D eigenvalue weighted by molar-refractivity contribution is 7.13. The van der Waals surface area contributed by atoms with Crippen LogP contribution in [0.1, 0.15) is 64.5 Å². The lowest BCUT2D eigenvalue weighted by molar-refractivity contribution is 0.0700. The first kappa shape index (κ1) is 16.2. The van der Waals surface area contributed by atoms with E-state index in [2.05, 4.69) is 17.1 Å². The molecule has 122 valence electrons. The number of rotatable bonds is 6. The Morgan fingerprint density at radius 2 is 1.91 bits per heavy atom. The number of benzene rings is 1. The summed E-state index contributed by atoms with van der Waals surface area (Å²) >= 11 is 1.34. The van der Waals surface area contributed by atoms with Crippen LogP contribution in [0, 0.1) is 5.92 Å². The lowest BCUT2D eigenvalue weighted by Crippen LogP contribution is -2.08. The molecule has 3 rings (SSSR count). The minimum absolute atomic E-state index is 0.437. The lowest BCUT2D eigenvalue weighted by atomic mass is 9.86. The van der Waals surface area contributed by atoms with Crippen molar-refractivity contribution in [2.24, 2.45) is 5.92 Å². The zero-order valence-electron chi connectivity index (χ0n) is 13.3. The second-order valence-corrected chi connectivity index (χ2v) is 7.48. The van der Waals surface area contributed by atoms with Crippen LogP contribution in [0.3, 0.4) is 0 Å². The topological polar surface area (TPSA) is 50.2 Å². The first-order valence-corrected chi connectivity index (χ1v) is 9.30. The SMILES string of the molecule is O=C(O)c1sc(Cc2ccccc2)nc1CCC1CCCCC1. The maximum Gasteiger partial charge on any atom is 0.347 e. The molecular weight excluding hydrogens is 306 g/mol. The summed E-state index contributed by atoms with van der Waals surface area (Å²) in [5.74, 6) is -0.0786. The van der Waals surface area contributed by atoms with Crippen molar-refractivity contribution in [2.75, 3.05) is 0 Å². The molecule has 1 saturated carbocycles. The van der Waals surface area contributed by atoms with Gasteiger partial charge in [0.25, 0.3) is 0 Å². The highest BCUT2D eigenvalue weighted by Gasteiger charge is 2.20. The van der Waals surface area contributed by atoms with Gasteiger partial charge in [0, 0.05) is 6.42 Å². The fourth-order valence-corrected chi connectivity index (χ4v) is 4.38. The quantitative estimate of drug-likeness (QED) is 0.816. The number of carboxylic acids is 1. The smallest absolute Gasteiger partial charge is 0.347 e. The summed E-state index contributed by atoms with van der Waals surface area (Å²) in [7, 11) is 0. The van der Waals surface area contributed by atoms with E-state index in [1.807, 2.05) is 18.2 Å². The maximum absolute atomic E-state index is 11.5. The molecule has 0 atom stereocenters. The van der Waals surface area contributed by atoms with Gasteiger partial charge in [0.1, 0.15) is 4.88 Å². The van der Waals surface area contributed by atoms with Crippen molar-refractivity contribution >= 4 is 17.3 Å². The van der Waals surface area contributed by atoms with Gasteiger partial charge in [0.2, 0.25) is 0 Å². The Hall–Kier alpha value is -1.68. The standard InChI is InChI=1S/C19H23NO2S/c21-19(22)18-16(12-11-14-7-3-1-4-8-14)20-17(23-18)13-15-9-5-2-6-10-15/h2,5-6,9-10,14H,1,3-4,7-8,11-13H2,(H,21,22). The summed E-state index contributed by atoms with van der Waals surface area (Å²) in [4.78, 5) is 16.6. The predicted molar refractivity (Wildman–Crippen MR) is 93.2 cm³/mol. The third kappa shape index (κ3) is 4.41. The Kier molecular flexibility index (Phi) is 5.44. The van der Waals surface area contributed by atoms with Gasteiger partial charge in [-0.2, -0.15) is 0 Å². The predicted octanol–water partition coefficient (Wildman–Crippen LogP) is 4.95. The fourth-order valence-electron chi connectivity index (χ4n) is 3.40. The van der Waals surface area contributed by atoms with Gasteiger partial charge in [0.15, 0.2) is 0 Å². The van der Waals surface area contributed by atoms with Crippen molar-refractivity contribution in [3.63, 3.8) is 0 Å². The molecule has 0 unspecified atom stereocenters.